The number of methoxy groups -OCH3 is 1. The third-order valence-corrected chi connectivity index (χ3v) is 2.66. The first-order chi connectivity index (χ1) is 7.08. The van der Waals surface area contributed by atoms with Gasteiger partial charge in [-0.3, -0.25) is 0 Å². The van der Waals surface area contributed by atoms with Crippen LogP contribution in [-0.4, -0.2) is 25.3 Å². The zero-order valence-corrected chi connectivity index (χ0v) is 9.79. The van der Waals surface area contributed by atoms with Crippen molar-refractivity contribution in [2.24, 2.45) is 0 Å². The highest BCUT2D eigenvalue weighted by atomic mass is 16.5. The minimum absolute atomic E-state index is 0.210. The lowest BCUT2D eigenvalue weighted by atomic mass is 10.0. The van der Waals surface area contributed by atoms with Crippen LogP contribution in [0.3, 0.4) is 0 Å². The zero-order valence-electron chi connectivity index (χ0n) is 9.79. The Morgan fingerprint density at radius 1 is 1.47 bits per heavy atom. The Bertz CT molecular complexity index is 337. The number of likely N-dealkylation sites (N-methyl/N-ethyl adjacent to an activating group) is 1. The Morgan fingerprint density at radius 2 is 2.13 bits per heavy atom. The van der Waals surface area contributed by atoms with Crippen molar-refractivity contribution in [2.75, 3.05) is 14.2 Å². The number of phenols is 1. The maximum absolute atomic E-state index is 9.66. The molecule has 0 aliphatic heterocycles. The van der Waals surface area contributed by atoms with Gasteiger partial charge in [-0.1, -0.05) is 0 Å². The lowest BCUT2D eigenvalue weighted by Gasteiger charge is -2.14. The largest absolute Gasteiger partial charge is 0.504 e. The molecule has 3 heteroatoms. The molecule has 0 saturated carbocycles. The Morgan fingerprint density at radius 3 is 2.67 bits per heavy atom. The molecular formula is C12H19NO2. The van der Waals surface area contributed by atoms with Gasteiger partial charge < -0.3 is 15.2 Å². The molecule has 0 amide bonds. The van der Waals surface area contributed by atoms with Gasteiger partial charge in [0.05, 0.1) is 7.11 Å². The fraction of sp³-hybridized carbons (Fsp3) is 0.500. The quantitative estimate of drug-likeness (QED) is 0.795. The molecule has 84 valence electrons. The molecule has 15 heavy (non-hydrogen) atoms. The van der Waals surface area contributed by atoms with Crippen molar-refractivity contribution in [2.45, 2.75) is 26.3 Å². The first kappa shape index (κ1) is 11.9. The van der Waals surface area contributed by atoms with Crippen LogP contribution in [0, 0.1) is 6.92 Å². The van der Waals surface area contributed by atoms with E-state index in [2.05, 4.69) is 12.2 Å². The molecular weight excluding hydrogens is 190 g/mol. The van der Waals surface area contributed by atoms with Crippen LogP contribution in [0.5, 0.6) is 11.5 Å². The van der Waals surface area contributed by atoms with Gasteiger partial charge in [-0.05, 0) is 50.6 Å². The fourth-order valence-corrected chi connectivity index (χ4v) is 1.53. The van der Waals surface area contributed by atoms with Crippen LogP contribution in [0.15, 0.2) is 12.1 Å². The lowest BCUT2D eigenvalue weighted by molar-refractivity contribution is 0.372. The highest BCUT2D eigenvalue weighted by Gasteiger charge is 2.09. The summed E-state index contributed by atoms with van der Waals surface area (Å²) in [6, 6.07) is 4.05. The van der Waals surface area contributed by atoms with Crippen molar-refractivity contribution in [1.82, 2.24) is 5.32 Å². The average Bonchev–Trinajstić information content (AvgIpc) is 2.22. The Kier molecular flexibility index (Phi) is 3.97. The molecule has 0 heterocycles. The van der Waals surface area contributed by atoms with Gasteiger partial charge in [-0.25, -0.2) is 0 Å². The molecule has 1 aromatic rings. The number of aromatic hydroxyl groups is 1. The molecule has 1 unspecified atom stereocenters. The molecule has 3 nitrogen and oxygen atoms in total. The van der Waals surface area contributed by atoms with E-state index in [1.807, 2.05) is 20.0 Å². The van der Waals surface area contributed by atoms with Gasteiger partial charge >= 0.3 is 0 Å². The van der Waals surface area contributed by atoms with Crippen LogP contribution in [0.4, 0.5) is 0 Å². The molecule has 0 spiro atoms. The van der Waals surface area contributed by atoms with E-state index in [1.54, 1.807) is 13.2 Å². The molecule has 0 aliphatic rings. The number of phenolic OH excluding ortho intramolecular Hbond substituents is 1. The van der Waals surface area contributed by atoms with Crippen molar-refractivity contribution in [3.8, 4) is 11.5 Å². The van der Waals surface area contributed by atoms with Crippen molar-refractivity contribution >= 4 is 0 Å². The fourth-order valence-electron chi connectivity index (χ4n) is 1.53. The minimum atomic E-state index is 0.210. The summed E-state index contributed by atoms with van der Waals surface area (Å²) in [5, 5.41) is 12.8. The van der Waals surface area contributed by atoms with Crippen LogP contribution in [-0.2, 0) is 6.42 Å². The second kappa shape index (κ2) is 5.03. The van der Waals surface area contributed by atoms with Crippen LogP contribution >= 0.6 is 0 Å². The number of benzene rings is 1. The topological polar surface area (TPSA) is 41.5 Å². The average molecular weight is 209 g/mol. The van der Waals surface area contributed by atoms with Gasteiger partial charge in [0.2, 0.25) is 0 Å². The third kappa shape index (κ3) is 2.86. The number of hydrogen-bond donors (Lipinski definition) is 2. The predicted molar refractivity (Wildman–Crippen MR) is 61.6 cm³/mol. The molecule has 0 aliphatic carbocycles. The maximum Gasteiger partial charge on any atom is 0.160 e. The highest BCUT2D eigenvalue weighted by molar-refractivity contribution is 5.46. The molecule has 1 rings (SSSR count). The zero-order chi connectivity index (χ0) is 11.4. The smallest absolute Gasteiger partial charge is 0.160 e. The van der Waals surface area contributed by atoms with Crippen molar-refractivity contribution in [1.29, 1.82) is 0 Å². The Balaban J connectivity index is 2.95. The normalized spacial score (nSPS) is 12.5. The van der Waals surface area contributed by atoms with Gasteiger partial charge in [-0.2, -0.15) is 0 Å². The second-order valence-corrected chi connectivity index (χ2v) is 3.84. The molecule has 1 aromatic carbocycles. The van der Waals surface area contributed by atoms with Crippen LogP contribution < -0.4 is 10.1 Å². The molecule has 1 atom stereocenters. The molecule has 2 N–H and O–H groups in total. The monoisotopic (exact) mass is 209 g/mol. The van der Waals surface area contributed by atoms with Gasteiger partial charge in [0.15, 0.2) is 11.5 Å². The summed E-state index contributed by atoms with van der Waals surface area (Å²) >= 11 is 0. The van der Waals surface area contributed by atoms with Crippen LogP contribution in [0.25, 0.3) is 0 Å². The van der Waals surface area contributed by atoms with Gasteiger partial charge in [0.1, 0.15) is 0 Å². The summed E-state index contributed by atoms with van der Waals surface area (Å²) in [6.07, 6.45) is 0.903. The third-order valence-electron chi connectivity index (χ3n) is 2.66. The Hall–Kier alpha value is -1.22. The van der Waals surface area contributed by atoms with Crippen LogP contribution in [0.2, 0.25) is 0 Å². The predicted octanol–water partition coefficient (Wildman–Crippen LogP) is 1.86. The standard InChI is InChI=1S/C12H19NO2/c1-8-5-12(15-4)11(14)7-10(8)6-9(2)13-3/h5,7,9,13-14H,6H2,1-4H3. The van der Waals surface area contributed by atoms with Crippen LogP contribution in [0.1, 0.15) is 18.1 Å². The molecule has 0 fully saturated rings. The van der Waals surface area contributed by atoms with E-state index in [0.29, 0.717) is 11.8 Å². The van der Waals surface area contributed by atoms with Crippen molar-refractivity contribution < 1.29 is 9.84 Å². The number of nitrogens with one attached hydrogen (secondary N) is 1. The van der Waals surface area contributed by atoms with E-state index in [-0.39, 0.29) is 5.75 Å². The summed E-state index contributed by atoms with van der Waals surface area (Å²) in [5.41, 5.74) is 2.29. The maximum atomic E-state index is 9.66. The first-order valence-electron chi connectivity index (χ1n) is 5.12. The van der Waals surface area contributed by atoms with E-state index in [9.17, 15) is 5.11 Å². The van der Waals surface area contributed by atoms with E-state index in [1.165, 1.54) is 0 Å². The van der Waals surface area contributed by atoms with Gasteiger partial charge in [-0.15, -0.1) is 0 Å². The summed E-state index contributed by atoms with van der Waals surface area (Å²) in [6.45, 7) is 4.14. The highest BCUT2D eigenvalue weighted by Crippen LogP contribution is 2.29. The van der Waals surface area contributed by atoms with Crippen molar-refractivity contribution in [3.63, 3.8) is 0 Å². The van der Waals surface area contributed by atoms with E-state index < -0.39 is 0 Å². The summed E-state index contributed by atoms with van der Waals surface area (Å²) < 4.78 is 5.05. The Labute approximate surface area is 91.1 Å². The lowest BCUT2D eigenvalue weighted by Crippen LogP contribution is -2.23. The van der Waals surface area contributed by atoms with Gasteiger partial charge in [0, 0.05) is 6.04 Å². The molecule has 0 saturated heterocycles. The second-order valence-electron chi connectivity index (χ2n) is 3.84. The molecule has 0 radical (unpaired) electrons. The summed E-state index contributed by atoms with van der Waals surface area (Å²) in [5.74, 6) is 0.745. The molecule has 0 aromatic heterocycles. The molecule has 0 bridgehead atoms. The summed E-state index contributed by atoms with van der Waals surface area (Å²) in [7, 11) is 3.49. The van der Waals surface area contributed by atoms with Gasteiger partial charge in [0.25, 0.3) is 0 Å². The number of hydrogen-bond acceptors (Lipinski definition) is 3. The number of ether oxygens (including phenoxy) is 1. The van der Waals surface area contributed by atoms with E-state index in [0.717, 1.165) is 17.5 Å². The number of aryl methyl sites for hydroxylation is 1. The van der Waals surface area contributed by atoms with Crippen molar-refractivity contribution in [3.05, 3.63) is 23.3 Å². The SMILES string of the molecule is CNC(C)Cc1cc(O)c(OC)cc1C. The number of rotatable bonds is 4. The summed E-state index contributed by atoms with van der Waals surface area (Å²) in [4.78, 5) is 0. The van der Waals surface area contributed by atoms with E-state index >= 15 is 0 Å². The minimum Gasteiger partial charge on any atom is -0.504 e. The first-order valence-corrected chi connectivity index (χ1v) is 5.12. The van der Waals surface area contributed by atoms with E-state index in [4.69, 9.17) is 4.74 Å².